The van der Waals surface area contributed by atoms with Gasteiger partial charge in [-0.15, -0.1) is 0 Å². The maximum absolute atomic E-state index is 9.56. The summed E-state index contributed by atoms with van der Waals surface area (Å²) in [4.78, 5) is 13.9. The van der Waals surface area contributed by atoms with Crippen molar-refractivity contribution in [2.45, 2.75) is 52.5 Å². The molecule has 0 unspecified atom stereocenters. The molecule has 2 N–H and O–H groups in total. The standard InChI is InChI=1S/C32H36N6O/c1-21(2)24(19-33)13-12-23-7-4-9-27-26(23)14-11-22(3)30(27)39-31-28(10-6-17-35-31)29-15-18-36-32(38-29)37-25-8-5-16-34-20-25/h4,6-7,9-11,14-15,17-18,21,24-25,34H,5,8,12-13,16,20H2,1-3H3,(H,36,37,38)/t24-,25-/m0/s1. The van der Waals surface area contributed by atoms with E-state index in [4.69, 9.17) is 9.72 Å². The summed E-state index contributed by atoms with van der Waals surface area (Å²) in [5.74, 6) is 2.28. The molecule has 0 amide bonds. The van der Waals surface area contributed by atoms with Crippen molar-refractivity contribution in [3.63, 3.8) is 0 Å². The molecular weight excluding hydrogens is 484 g/mol. The molecule has 0 aliphatic carbocycles. The van der Waals surface area contributed by atoms with Gasteiger partial charge in [-0.3, -0.25) is 0 Å². The van der Waals surface area contributed by atoms with Crippen LogP contribution in [0.2, 0.25) is 0 Å². The second kappa shape index (κ2) is 12.2. The number of fused-ring (bicyclic) bond motifs is 1. The number of aryl methyl sites for hydroxylation is 2. The van der Waals surface area contributed by atoms with E-state index in [2.05, 4.69) is 77.8 Å². The van der Waals surface area contributed by atoms with Crippen LogP contribution in [-0.4, -0.2) is 34.1 Å². The summed E-state index contributed by atoms with van der Waals surface area (Å²) in [5.41, 5.74) is 3.83. The molecule has 1 aliphatic rings. The van der Waals surface area contributed by atoms with Crippen LogP contribution in [0.15, 0.2) is 60.9 Å². The van der Waals surface area contributed by atoms with Crippen LogP contribution in [0, 0.1) is 30.1 Å². The van der Waals surface area contributed by atoms with E-state index in [-0.39, 0.29) is 5.92 Å². The van der Waals surface area contributed by atoms with Crippen LogP contribution in [0.1, 0.15) is 44.2 Å². The van der Waals surface area contributed by atoms with Crippen molar-refractivity contribution in [2.75, 3.05) is 18.4 Å². The SMILES string of the molecule is Cc1ccc2c(CC[C@@H](C#N)C(C)C)cccc2c1Oc1ncccc1-c1ccnc(N[C@H]2CCCNC2)n1. The summed E-state index contributed by atoms with van der Waals surface area (Å²) in [6, 6.07) is 19.1. The number of benzene rings is 2. The van der Waals surface area contributed by atoms with E-state index in [9.17, 15) is 5.26 Å². The molecule has 39 heavy (non-hydrogen) atoms. The highest BCUT2D eigenvalue weighted by atomic mass is 16.5. The highest BCUT2D eigenvalue weighted by molar-refractivity contribution is 5.92. The number of hydrogen-bond acceptors (Lipinski definition) is 7. The number of rotatable bonds is 9. The number of hydrogen-bond donors (Lipinski definition) is 2. The molecule has 7 heteroatoms. The number of nitriles is 1. The number of piperidine rings is 1. The monoisotopic (exact) mass is 520 g/mol. The summed E-state index contributed by atoms with van der Waals surface area (Å²) in [7, 11) is 0. The van der Waals surface area contributed by atoms with Crippen molar-refractivity contribution in [3.8, 4) is 29.0 Å². The molecule has 0 saturated carbocycles. The predicted octanol–water partition coefficient (Wildman–Crippen LogP) is 6.68. The Morgan fingerprint density at radius 2 is 1.97 bits per heavy atom. The summed E-state index contributed by atoms with van der Waals surface area (Å²) in [5, 5.41) is 18.6. The molecule has 5 rings (SSSR count). The smallest absolute Gasteiger partial charge is 0.228 e. The molecule has 7 nitrogen and oxygen atoms in total. The Balaban J connectivity index is 1.45. The fraction of sp³-hybridized carbons (Fsp3) is 0.375. The topological polar surface area (TPSA) is 95.8 Å². The Kier molecular flexibility index (Phi) is 8.33. The van der Waals surface area contributed by atoms with Crippen molar-refractivity contribution in [1.82, 2.24) is 20.3 Å². The van der Waals surface area contributed by atoms with E-state index in [1.807, 2.05) is 18.2 Å². The Labute approximate surface area is 230 Å². The predicted molar refractivity (Wildman–Crippen MR) is 156 cm³/mol. The lowest BCUT2D eigenvalue weighted by atomic mass is 9.89. The largest absolute Gasteiger partial charge is 0.437 e. The van der Waals surface area contributed by atoms with Crippen LogP contribution < -0.4 is 15.4 Å². The van der Waals surface area contributed by atoms with E-state index in [1.165, 1.54) is 5.56 Å². The minimum Gasteiger partial charge on any atom is -0.437 e. The Morgan fingerprint density at radius 3 is 2.77 bits per heavy atom. The second-order valence-electron chi connectivity index (χ2n) is 10.7. The third kappa shape index (κ3) is 6.18. The summed E-state index contributed by atoms with van der Waals surface area (Å²) >= 11 is 0. The first-order chi connectivity index (χ1) is 19.0. The van der Waals surface area contributed by atoms with Gasteiger partial charge in [0, 0.05) is 36.3 Å². The highest BCUT2D eigenvalue weighted by Crippen LogP contribution is 2.38. The van der Waals surface area contributed by atoms with Crippen molar-refractivity contribution in [3.05, 3.63) is 72.1 Å². The average molecular weight is 521 g/mol. The van der Waals surface area contributed by atoms with Crippen molar-refractivity contribution in [2.24, 2.45) is 11.8 Å². The third-order valence-electron chi connectivity index (χ3n) is 7.53. The van der Waals surface area contributed by atoms with Gasteiger partial charge in [0.15, 0.2) is 0 Å². The van der Waals surface area contributed by atoms with Crippen LogP contribution >= 0.6 is 0 Å². The molecular formula is C32H36N6O. The van der Waals surface area contributed by atoms with Gasteiger partial charge in [-0.1, -0.05) is 44.2 Å². The number of aromatic nitrogens is 3. The van der Waals surface area contributed by atoms with Gasteiger partial charge in [-0.05, 0) is 79.8 Å². The van der Waals surface area contributed by atoms with E-state index in [0.717, 1.165) is 72.1 Å². The van der Waals surface area contributed by atoms with Gasteiger partial charge in [0.2, 0.25) is 11.8 Å². The zero-order valence-corrected chi connectivity index (χ0v) is 22.9. The van der Waals surface area contributed by atoms with Gasteiger partial charge >= 0.3 is 0 Å². The van der Waals surface area contributed by atoms with Crippen LogP contribution in [0.3, 0.4) is 0 Å². The molecule has 2 aromatic carbocycles. The quantitative estimate of drug-likeness (QED) is 0.254. The molecule has 0 bridgehead atoms. The first-order valence-corrected chi connectivity index (χ1v) is 13.9. The molecule has 1 fully saturated rings. The highest BCUT2D eigenvalue weighted by Gasteiger charge is 2.18. The maximum Gasteiger partial charge on any atom is 0.228 e. The van der Waals surface area contributed by atoms with Crippen LogP contribution in [0.4, 0.5) is 5.95 Å². The summed E-state index contributed by atoms with van der Waals surface area (Å²) in [6.07, 6.45) is 7.44. The molecule has 2 atom stereocenters. The minimum atomic E-state index is 0.0409. The molecule has 0 radical (unpaired) electrons. The van der Waals surface area contributed by atoms with Crippen molar-refractivity contribution >= 4 is 16.7 Å². The van der Waals surface area contributed by atoms with Crippen molar-refractivity contribution in [1.29, 1.82) is 5.26 Å². The molecule has 1 saturated heterocycles. The fourth-order valence-corrected chi connectivity index (χ4v) is 5.22. The van der Waals surface area contributed by atoms with Crippen LogP contribution in [-0.2, 0) is 6.42 Å². The Bertz CT molecular complexity index is 1470. The van der Waals surface area contributed by atoms with Gasteiger partial charge in [0.1, 0.15) is 5.75 Å². The summed E-state index contributed by atoms with van der Waals surface area (Å²) < 4.78 is 6.58. The van der Waals surface area contributed by atoms with Gasteiger partial charge in [-0.2, -0.15) is 5.26 Å². The minimum absolute atomic E-state index is 0.0409. The number of anilines is 1. The van der Waals surface area contributed by atoms with E-state index in [0.29, 0.717) is 23.8 Å². The molecule has 3 heterocycles. The summed E-state index contributed by atoms with van der Waals surface area (Å²) in [6.45, 7) is 8.25. The molecule has 1 aliphatic heterocycles. The maximum atomic E-state index is 9.56. The second-order valence-corrected chi connectivity index (χ2v) is 10.7. The Hall–Kier alpha value is -4.02. The molecule has 0 spiro atoms. The van der Waals surface area contributed by atoms with E-state index >= 15 is 0 Å². The van der Waals surface area contributed by atoms with Crippen molar-refractivity contribution < 1.29 is 4.74 Å². The van der Waals surface area contributed by atoms with Gasteiger partial charge in [-0.25, -0.2) is 15.0 Å². The van der Waals surface area contributed by atoms with Gasteiger partial charge in [0.05, 0.1) is 17.3 Å². The fourth-order valence-electron chi connectivity index (χ4n) is 5.22. The number of ether oxygens (including phenoxy) is 1. The molecule has 200 valence electrons. The van der Waals surface area contributed by atoms with Crippen LogP contribution in [0.5, 0.6) is 11.6 Å². The average Bonchev–Trinajstić information content (AvgIpc) is 2.95. The lowest BCUT2D eigenvalue weighted by Crippen LogP contribution is -2.38. The number of nitrogens with zero attached hydrogens (tertiary/aromatic N) is 4. The van der Waals surface area contributed by atoms with E-state index < -0.39 is 0 Å². The third-order valence-corrected chi connectivity index (χ3v) is 7.53. The lowest BCUT2D eigenvalue weighted by molar-refractivity contribution is 0.447. The zero-order chi connectivity index (χ0) is 27.2. The number of pyridine rings is 1. The van der Waals surface area contributed by atoms with E-state index in [1.54, 1.807) is 12.4 Å². The molecule has 4 aromatic rings. The van der Waals surface area contributed by atoms with Crippen LogP contribution in [0.25, 0.3) is 22.0 Å². The lowest BCUT2D eigenvalue weighted by Gasteiger charge is -2.23. The van der Waals surface area contributed by atoms with Gasteiger partial charge < -0.3 is 15.4 Å². The Morgan fingerprint density at radius 1 is 1.08 bits per heavy atom. The number of nitrogens with one attached hydrogen (secondary N) is 2. The first kappa shape index (κ1) is 26.6. The van der Waals surface area contributed by atoms with Gasteiger partial charge in [0.25, 0.3) is 0 Å². The normalized spacial score (nSPS) is 16.1. The zero-order valence-electron chi connectivity index (χ0n) is 22.9. The molecule has 2 aromatic heterocycles. The first-order valence-electron chi connectivity index (χ1n) is 13.9.